The van der Waals surface area contributed by atoms with Gasteiger partial charge in [0.2, 0.25) is 5.88 Å². The molecule has 18 heavy (non-hydrogen) atoms. The lowest BCUT2D eigenvalue weighted by molar-refractivity contribution is 0.401. The van der Waals surface area contributed by atoms with Crippen molar-refractivity contribution in [2.75, 3.05) is 18.2 Å². The Bertz CT molecular complexity index is 546. The summed E-state index contributed by atoms with van der Waals surface area (Å²) in [6, 6.07) is 10.00. The molecule has 1 aromatic heterocycles. The van der Waals surface area contributed by atoms with E-state index in [1.165, 1.54) is 13.2 Å². The van der Waals surface area contributed by atoms with Crippen LogP contribution in [0.5, 0.6) is 5.88 Å². The van der Waals surface area contributed by atoms with Crippen molar-refractivity contribution in [3.63, 3.8) is 0 Å². The summed E-state index contributed by atoms with van der Waals surface area (Å²) in [5.74, 6) is 0.699. The fourth-order valence-electron chi connectivity index (χ4n) is 1.54. The van der Waals surface area contributed by atoms with Crippen molar-refractivity contribution in [3.05, 3.63) is 47.8 Å². The molecule has 2 aromatic rings. The zero-order chi connectivity index (χ0) is 13.0. The Morgan fingerprint density at radius 2 is 2.06 bits per heavy atom. The molecule has 0 fully saturated rings. The van der Waals surface area contributed by atoms with E-state index in [0.717, 1.165) is 0 Å². The molecule has 0 saturated carbocycles. The number of halogens is 1. The molecule has 0 spiro atoms. The Kier molecular flexibility index (Phi) is 3.62. The topological polar surface area (TPSA) is 60.2 Å². The summed E-state index contributed by atoms with van der Waals surface area (Å²) in [6.07, 6.45) is 0. The third kappa shape index (κ3) is 2.68. The van der Waals surface area contributed by atoms with Gasteiger partial charge in [0.15, 0.2) is 0 Å². The maximum atomic E-state index is 13.4. The number of nitrogen functional groups attached to an aromatic ring is 1. The fraction of sp³-hybridized carbons (Fsp3) is 0.154. The smallest absolute Gasteiger partial charge is 0.238 e. The first-order chi connectivity index (χ1) is 8.70. The normalized spacial score (nSPS) is 10.1. The van der Waals surface area contributed by atoms with Gasteiger partial charge in [0.25, 0.3) is 0 Å². The molecule has 0 atom stereocenters. The predicted molar refractivity (Wildman–Crippen MR) is 68.9 cm³/mol. The van der Waals surface area contributed by atoms with Crippen LogP contribution < -0.4 is 15.8 Å². The molecule has 3 N–H and O–H groups in total. The second kappa shape index (κ2) is 5.35. The maximum Gasteiger partial charge on any atom is 0.238 e. The van der Waals surface area contributed by atoms with E-state index in [0.29, 0.717) is 29.5 Å². The van der Waals surface area contributed by atoms with Gasteiger partial charge in [-0.2, -0.15) is 4.98 Å². The van der Waals surface area contributed by atoms with E-state index >= 15 is 0 Å². The summed E-state index contributed by atoms with van der Waals surface area (Å²) in [7, 11) is 1.50. The monoisotopic (exact) mass is 247 g/mol. The van der Waals surface area contributed by atoms with E-state index < -0.39 is 0 Å². The highest BCUT2D eigenvalue weighted by atomic mass is 19.1. The average Bonchev–Trinajstić information content (AvgIpc) is 2.39. The van der Waals surface area contributed by atoms with Gasteiger partial charge in [-0.3, -0.25) is 0 Å². The molecule has 1 aromatic carbocycles. The number of hydrogen-bond acceptors (Lipinski definition) is 4. The highest BCUT2D eigenvalue weighted by Gasteiger charge is 2.04. The summed E-state index contributed by atoms with van der Waals surface area (Å²) < 4.78 is 18.4. The van der Waals surface area contributed by atoms with Gasteiger partial charge in [-0.1, -0.05) is 18.2 Å². The largest absolute Gasteiger partial charge is 0.479 e. The SMILES string of the molecule is COc1nc(NCc2ccccc2F)ccc1N. The number of rotatable bonds is 4. The highest BCUT2D eigenvalue weighted by molar-refractivity contribution is 5.53. The van der Waals surface area contributed by atoms with Crippen LogP contribution in [-0.2, 0) is 6.54 Å². The van der Waals surface area contributed by atoms with Crippen molar-refractivity contribution < 1.29 is 9.13 Å². The second-order valence-electron chi connectivity index (χ2n) is 3.74. The standard InChI is InChI=1S/C13H14FN3O/c1-18-13-11(15)6-7-12(17-13)16-8-9-4-2-3-5-10(9)14/h2-7H,8,15H2,1H3,(H,16,17). The molecule has 0 radical (unpaired) electrons. The number of methoxy groups -OCH3 is 1. The quantitative estimate of drug-likeness (QED) is 0.871. The Balaban J connectivity index is 2.09. The molecule has 0 saturated heterocycles. The van der Waals surface area contributed by atoms with Crippen LogP contribution >= 0.6 is 0 Å². The molecule has 5 heteroatoms. The van der Waals surface area contributed by atoms with E-state index in [9.17, 15) is 4.39 Å². The second-order valence-corrected chi connectivity index (χ2v) is 3.74. The van der Waals surface area contributed by atoms with Gasteiger partial charge in [0.1, 0.15) is 11.6 Å². The summed E-state index contributed by atoms with van der Waals surface area (Å²) in [5.41, 5.74) is 6.70. The van der Waals surface area contributed by atoms with Crippen LogP contribution in [0.4, 0.5) is 15.9 Å². The number of hydrogen-bond donors (Lipinski definition) is 2. The number of anilines is 2. The van der Waals surface area contributed by atoms with Crippen molar-refractivity contribution >= 4 is 11.5 Å². The van der Waals surface area contributed by atoms with Crippen molar-refractivity contribution in [2.24, 2.45) is 0 Å². The molecule has 2 rings (SSSR count). The van der Waals surface area contributed by atoms with Crippen LogP contribution in [0.3, 0.4) is 0 Å². The number of nitrogens with one attached hydrogen (secondary N) is 1. The van der Waals surface area contributed by atoms with Crippen molar-refractivity contribution in [3.8, 4) is 5.88 Å². The minimum Gasteiger partial charge on any atom is -0.479 e. The van der Waals surface area contributed by atoms with Gasteiger partial charge in [-0.15, -0.1) is 0 Å². The van der Waals surface area contributed by atoms with E-state index in [1.54, 1.807) is 30.3 Å². The predicted octanol–water partition coefficient (Wildman–Crippen LogP) is 2.42. The zero-order valence-corrected chi connectivity index (χ0v) is 9.98. The van der Waals surface area contributed by atoms with Crippen molar-refractivity contribution in [1.29, 1.82) is 0 Å². The minimum atomic E-state index is -0.243. The number of aromatic nitrogens is 1. The molecular formula is C13H14FN3O. The van der Waals surface area contributed by atoms with Gasteiger partial charge in [0.05, 0.1) is 12.8 Å². The van der Waals surface area contributed by atoms with Gasteiger partial charge in [-0.25, -0.2) is 4.39 Å². The highest BCUT2D eigenvalue weighted by Crippen LogP contribution is 2.20. The summed E-state index contributed by atoms with van der Waals surface area (Å²) in [6.45, 7) is 0.354. The van der Waals surface area contributed by atoms with E-state index in [1.807, 2.05) is 0 Å². The first-order valence-corrected chi connectivity index (χ1v) is 5.48. The zero-order valence-electron chi connectivity index (χ0n) is 9.98. The Labute approximate surface area is 105 Å². The van der Waals surface area contributed by atoms with Crippen LogP contribution in [-0.4, -0.2) is 12.1 Å². The summed E-state index contributed by atoms with van der Waals surface area (Å²) in [5, 5.41) is 3.02. The van der Waals surface area contributed by atoms with Gasteiger partial charge < -0.3 is 15.8 Å². The maximum absolute atomic E-state index is 13.4. The molecule has 94 valence electrons. The third-order valence-electron chi connectivity index (χ3n) is 2.50. The average molecular weight is 247 g/mol. The lowest BCUT2D eigenvalue weighted by Crippen LogP contribution is -2.04. The molecular weight excluding hydrogens is 233 g/mol. The minimum absolute atomic E-state index is 0.243. The van der Waals surface area contributed by atoms with Crippen LogP contribution in [0, 0.1) is 5.82 Å². The van der Waals surface area contributed by atoms with Gasteiger partial charge >= 0.3 is 0 Å². The summed E-state index contributed by atoms with van der Waals surface area (Å²) >= 11 is 0. The van der Waals surface area contributed by atoms with Gasteiger partial charge in [0, 0.05) is 12.1 Å². The van der Waals surface area contributed by atoms with Gasteiger partial charge in [-0.05, 0) is 18.2 Å². The summed E-state index contributed by atoms with van der Waals surface area (Å²) in [4.78, 5) is 4.15. The molecule has 0 aliphatic heterocycles. The van der Waals surface area contributed by atoms with E-state index in [4.69, 9.17) is 10.5 Å². The molecule has 0 unspecified atom stereocenters. The van der Waals surface area contributed by atoms with Crippen LogP contribution in [0.2, 0.25) is 0 Å². The van der Waals surface area contributed by atoms with Crippen LogP contribution in [0.1, 0.15) is 5.56 Å². The number of nitrogens with zero attached hydrogens (tertiary/aromatic N) is 1. The fourth-order valence-corrected chi connectivity index (χ4v) is 1.54. The van der Waals surface area contributed by atoms with E-state index in [2.05, 4.69) is 10.3 Å². The molecule has 0 amide bonds. The van der Waals surface area contributed by atoms with Crippen molar-refractivity contribution in [1.82, 2.24) is 4.98 Å². The number of nitrogens with two attached hydrogens (primary N) is 1. The lowest BCUT2D eigenvalue weighted by Gasteiger charge is -2.09. The number of pyridine rings is 1. The molecule has 0 aliphatic rings. The van der Waals surface area contributed by atoms with E-state index in [-0.39, 0.29) is 5.82 Å². The number of benzene rings is 1. The Morgan fingerprint density at radius 3 is 2.78 bits per heavy atom. The number of ether oxygens (including phenoxy) is 1. The Morgan fingerprint density at radius 1 is 1.28 bits per heavy atom. The molecule has 4 nitrogen and oxygen atoms in total. The first kappa shape index (κ1) is 12.2. The molecule has 1 heterocycles. The Hall–Kier alpha value is -2.30. The van der Waals surface area contributed by atoms with Crippen LogP contribution in [0.25, 0.3) is 0 Å². The molecule has 0 aliphatic carbocycles. The lowest BCUT2D eigenvalue weighted by atomic mass is 10.2. The van der Waals surface area contributed by atoms with Crippen LogP contribution in [0.15, 0.2) is 36.4 Å². The van der Waals surface area contributed by atoms with Crippen molar-refractivity contribution in [2.45, 2.75) is 6.54 Å². The molecule has 0 bridgehead atoms. The first-order valence-electron chi connectivity index (χ1n) is 5.48. The third-order valence-corrected chi connectivity index (χ3v) is 2.50.